The van der Waals surface area contributed by atoms with Gasteiger partial charge in [0.15, 0.2) is 0 Å². The van der Waals surface area contributed by atoms with Crippen LogP contribution in [0.4, 0.5) is 0 Å². The van der Waals surface area contributed by atoms with E-state index in [9.17, 15) is 8.42 Å². The first-order valence-electron chi connectivity index (χ1n) is 5.85. The highest BCUT2D eigenvalue weighted by molar-refractivity contribution is 7.89. The van der Waals surface area contributed by atoms with Crippen LogP contribution in [-0.4, -0.2) is 22.0 Å². The van der Waals surface area contributed by atoms with E-state index in [1.807, 2.05) is 16.8 Å². The Bertz CT molecular complexity index is 603. The van der Waals surface area contributed by atoms with E-state index in [0.717, 1.165) is 10.4 Å². The SMILES string of the molecule is CNCc1sccc1S(=O)(=O)NCCc1ccsc1. The zero-order chi connectivity index (χ0) is 13.7. The molecule has 2 N–H and O–H groups in total. The Morgan fingerprint density at radius 1 is 1.26 bits per heavy atom. The molecule has 0 aliphatic carbocycles. The molecule has 0 aromatic carbocycles. The van der Waals surface area contributed by atoms with Crippen LogP contribution < -0.4 is 10.0 Å². The summed E-state index contributed by atoms with van der Waals surface area (Å²) in [5.74, 6) is 0. The number of nitrogens with one attached hydrogen (secondary N) is 2. The first kappa shape index (κ1) is 14.7. The standard InChI is InChI=1S/C12H16N2O2S3/c1-13-8-11-12(4-7-18-11)19(15,16)14-5-2-10-3-6-17-9-10/h3-4,6-7,9,13-14H,2,5,8H2,1H3. The number of rotatable bonds is 7. The Kier molecular flexibility index (Phi) is 5.12. The molecular formula is C12H16N2O2S3. The molecule has 2 aromatic rings. The molecule has 0 aliphatic heterocycles. The molecule has 104 valence electrons. The van der Waals surface area contributed by atoms with Gasteiger partial charge in [-0.15, -0.1) is 11.3 Å². The molecule has 0 bridgehead atoms. The van der Waals surface area contributed by atoms with Gasteiger partial charge in [-0.05, 0) is 47.3 Å². The van der Waals surface area contributed by atoms with Gasteiger partial charge in [0.05, 0.1) is 4.90 Å². The molecule has 2 rings (SSSR count). The molecule has 0 aliphatic rings. The lowest BCUT2D eigenvalue weighted by Crippen LogP contribution is -2.26. The van der Waals surface area contributed by atoms with Crippen molar-refractivity contribution in [2.75, 3.05) is 13.6 Å². The highest BCUT2D eigenvalue weighted by Gasteiger charge is 2.18. The van der Waals surface area contributed by atoms with Gasteiger partial charge in [0, 0.05) is 18.0 Å². The fourth-order valence-corrected chi connectivity index (χ4v) is 4.89. The van der Waals surface area contributed by atoms with Gasteiger partial charge in [-0.3, -0.25) is 0 Å². The summed E-state index contributed by atoms with van der Waals surface area (Å²) in [7, 11) is -1.59. The zero-order valence-corrected chi connectivity index (χ0v) is 13.0. The average Bonchev–Trinajstić information content (AvgIpc) is 3.00. The van der Waals surface area contributed by atoms with Gasteiger partial charge in [0.25, 0.3) is 0 Å². The van der Waals surface area contributed by atoms with Gasteiger partial charge in [0.1, 0.15) is 0 Å². The topological polar surface area (TPSA) is 58.2 Å². The van der Waals surface area contributed by atoms with E-state index in [0.29, 0.717) is 24.4 Å². The van der Waals surface area contributed by atoms with Crippen LogP contribution in [0.5, 0.6) is 0 Å². The van der Waals surface area contributed by atoms with Crippen molar-refractivity contribution in [2.45, 2.75) is 17.9 Å². The third kappa shape index (κ3) is 3.87. The minimum atomic E-state index is -3.40. The molecule has 0 amide bonds. The molecule has 0 saturated heterocycles. The normalized spacial score (nSPS) is 11.8. The summed E-state index contributed by atoms with van der Waals surface area (Å²) in [6.45, 7) is 0.992. The first-order valence-corrected chi connectivity index (χ1v) is 9.16. The summed E-state index contributed by atoms with van der Waals surface area (Å²) in [4.78, 5) is 1.22. The molecule has 7 heteroatoms. The molecule has 0 atom stereocenters. The predicted octanol–water partition coefficient (Wildman–Crippen LogP) is 2.05. The molecule has 0 spiro atoms. The lowest BCUT2D eigenvalue weighted by atomic mass is 10.2. The second-order valence-corrected chi connectivity index (χ2v) is 7.53. The maximum Gasteiger partial charge on any atom is 0.241 e. The molecule has 19 heavy (non-hydrogen) atoms. The van der Waals surface area contributed by atoms with E-state index < -0.39 is 10.0 Å². The molecule has 0 saturated carbocycles. The zero-order valence-electron chi connectivity index (χ0n) is 10.5. The van der Waals surface area contributed by atoms with E-state index in [-0.39, 0.29) is 0 Å². The minimum absolute atomic E-state index is 0.386. The van der Waals surface area contributed by atoms with Crippen molar-refractivity contribution >= 4 is 32.7 Å². The van der Waals surface area contributed by atoms with Crippen molar-refractivity contribution in [2.24, 2.45) is 0 Å². The van der Waals surface area contributed by atoms with Crippen molar-refractivity contribution < 1.29 is 8.42 Å². The maximum atomic E-state index is 12.2. The Labute approximate surface area is 121 Å². The maximum absolute atomic E-state index is 12.2. The summed E-state index contributed by atoms with van der Waals surface area (Å²) in [6.07, 6.45) is 0.716. The molecular weight excluding hydrogens is 300 g/mol. The fraction of sp³-hybridized carbons (Fsp3) is 0.333. The third-order valence-corrected chi connectivity index (χ3v) is 5.95. The number of hydrogen-bond donors (Lipinski definition) is 2. The number of thiophene rings is 2. The van der Waals surface area contributed by atoms with Crippen LogP contribution in [0, 0.1) is 0 Å². The lowest BCUT2D eigenvalue weighted by Gasteiger charge is -2.07. The minimum Gasteiger partial charge on any atom is -0.315 e. The Morgan fingerprint density at radius 3 is 2.79 bits per heavy atom. The van der Waals surface area contributed by atoms with Crippen LogP contribution in [0.2, 0.25) is 0 Å². The summed E-state index contributed by atoms with van der Waals surface area (Å²) < 4.78 is 27.0. The third-order valence-electron chi connectivity index (χ3n) is 2.62. The largest absolute Gasteiger partial charge is 0.315 e. The van der Waals surface area contributed by atoms with E-state index >= 15 is 0 Å². The summed E-state index contributed by atoms with van der Waals surface area (Å²) in [5, 5.41) is 8.81. The van der Waals surface area contributed by atoms with Crippen LogP contribution in [0.3, 0.4) is 0 Å². The first-order chi connectivity index (χ1) is 9.13. The van der Waals surface area contributed by atoms with Gasteiger partial charge < -0.3 is 5.32 Å². The van der Waals surface area contributed by atoms with Gasteiger partial charge in [-0.1, -0.05) is 0 Å². The second-order valence-electron chi connectivity index (χ2n) is 4.02. The van der Waals surface area contributed by atoms with E-state index in [1.54, 1.807) is 29.8 Å². The van der Waals surface area contributed by atoms with Crippen molar-refractivity contribution in [3.63, 3.8) is 0 Å². The van der Waals surface area contributed by atoms with Crippen molar-refractivity contribution in [1.29, 1.82) is 0 Å². The monoisotopic (exact) mass is 316 g/mol. The smallest absolute Gasteiger partial charge is 0.241 e. The molecule has 2 heterocycles. The number of hydrogen-bond acceptors (Lipinski definition) is 5. The predicted molar refractivity (Wildman–Crippen MR) is 80.3 cm³/mol. The molecule has 0 radical (unpaired) electrons. The lowest BCUT2D eigenvalue weighted by molar-refractivity contribution is 0.580. The van der Waals surface area contributed by atoms with E-state index in [1.165, 1.54) is 11.3 Å². The summed E-state index contributed by atoms with van der Waals surface area (Å²) >= 11 is 3.07. The molecule has 0 unspecified atom stereocenters. The summed E-state index contributed by atoms with van der Waals surface area (Å²) in [5.41, 5.74) is 1.16. The van der Waals surface area contributed by atoms with Gasteiger partial charge >= 0.3 is 0 Å². The summed E-state index contributed by atoms with van der Waals surface area (Å²) in [6, 6.07) is 3.67. The van der Waals surface area contributed by atoms with Crippen LogP contribution in [0.25, 0.3) is 0 Å². The van der Waals surface area contributed by atoms with Crippen molar-refractivity contribution in [3.8, 4) is 0 Å². The Hall–Kier alpha value is -0.730. The van der Waals surface area contributed by atoms with E-state index in [2.05, 4.69) is 10.0 Å². The highest BCUT2D eigenvalue weighted by Crippen LogP contribution is 2.21. The quantitative estimate of drug-likeness (QED) is 0.822. The second kappa shape index (κ2) is 6.62. The molecule has 4 nitrogen and oxygen atoms in total. The Morgan fingerprint density at radius 2 is 2.11 bits per heavy atom. The van der Waals surface area contributed by atoms with Crippen LogP contribution in [0.1, 0.15) is 10.4 Å². The van der Waals surface area contributed by atoms with Gasteiger partial charge in [-0.2, -0.15) is 11.3 Å². The molecule has 2 aromatic heterocycles. The van der Waals surface area contributed by atoms with E-state index in [4.69, 9.17) is 0 Å². The van der Waals surface area contributed by atoms with Crippen LogP contribution in [0.15, 0.2) is 33.2 Å². The molecule has 0 fully saturated rings. The van der Waals surface area contributed by atoms with Gasteiger partial charge in [0.2, 0.25) is 10.0 Å². The van der Waals surface area contributed by atoms with Gasteiger partial charge in [-0.25, -0.2) is 13.1 Å². The van der Waals surface area contributed by atoms with Crippen LogP contribution >= 0.6 is 22.7 Å². The number of sulfonamides is 1. The Balaban J connectivity index is 1.99. The highest BCUT2D eigenvalue weighted by atomic mass is 32.2. The van der Waals surface area contributed by atoms with Crippen molar-refractivity contribution in [3.05, 3.63) is 38.7 Å². The van der Waals surface area contributed by atoms with Crippen LogP contribution in [-0.2, 0) is 23.0 Å². The fourth-order valence-electron chi connectivity index (χ4n) is 1.70. The average molecular weight is 316 g/mol. The van der Waals surface area contributed by atoms with Crippen molar-refractivity contribution in [1.82, 2.24) is 10.0 Å².